The van der Waals surface area contributed by atoms with Gasteiger partial charge in [0.25, 0.3) is 5.91 Å². The van der Waals surface area contributed by atoms with Gasteiger partial charge in [-0.2, -0.15) is 4.98 Å². The van der Waals surface area contributed by atoms with Crippen molar-refractivity contribution in [1.82, 2.24) is 9.55 Å². The lowest BCUT2D eigenvalue weighted by Gasteiger charge is -2.14. The summed E-state index contributed by atoms with van der Waals surface area (Å²) < 4.78 is 31.1. The van der Waals surface area contributed by atoms with Crippen LogP contribution in [0.3, 0.4) is 0 Å². The fourth-order valence-corrected chi connectivity index (χ4v) is 2.62. The summed E-state index contributed by atoms with van der Waals surface area (Å²) in [5.41, 5.74) is -0.530. The van der Waals surface area contributed by atoms with Crippen molar-refractivity contribution in [3.8, 4) is 0 Å². The number of ether oxygens (including phenoxy) is 3. The van der Waals surface area contributed by atoms with Gasteiger partial charge in [-0.25, -0.2) is 9.18 Å². The number of carbonyl (C=O) groups is 2. The van der Waals surface area contributed by atoms with Crippen LogP contribution in [-0.2, 0) is 19.0 Å². The second-order valence-corrected chi connectivity index (χ2v) is 6.23. The van der Waals surface area contributed by atoms with E-state index in [0.29, 0.717) is 12.0 Å². The van der Waals surface area contributed by atoms with E-state index in [9.17, 15) is 18.8 Å². The van der Waals surface area contributed by atoms with E-state index in [1.807, 2.05) is 6.92 Å². The Morgan fingerprint density at radius 2 is 2.10 bits per heavy atom. The van der Waals surface area contributed by atoms with Gasteiger partial charge in [0.15, 0.2) is 24.2 Å². The molecule has 0 radical (unpaired) electrons. The van der Waals surface area contributed by atoms with Crippen molar-refractivity contribution in [2.24, 2.45) is 0 Å². The predicted molar refractivity (Wildman–Crippen MR) is 98.6 cm³/mol. The van der Waals surface area contributed by atoms with Crippen molar-refractivity contribution < 1.29 is 28.2 Å². The molecule has 0 aliphatic carbocycles. The normalized spacial score (nSPS) is 18.4. The molecule has 1 aliphatic rings. The molecule has 2 atom stereocenters. The molecule has 1 N–H and O–H groups in total. The van der Waals surface area contributed by atoms with Crippen LogP contribution < -0.4 is 11.0 Å². The Labute approximate surface area is 165 Å². The Balaban J connectivity index is 1.64. The lowest BCUT2D eigenvalue weighted by molar-refractivity contribution is -0.159. The summed E-state index contributed by atoms with van der Waals surface area (Å²) in [6, 6.07) is 8.14. The third-order valence-corrected chi connectivity index (χ3v) is 4.05. The SMILES string of the molecule is CCCC(=O)OC[C@H]1OC[C@@H](n2cc(F)c(NC(=O)c3ccccc3)nc2=O)O1. The van der Waals surface area contributed by atoms with E-state index in [1.165, 1.54) is 0 Å². The molecule has 1 saturated heterocycles. The number of rotatable bonds is 7. The van der Waals surface area contributed by atoms with Crippen molar-refractivity contribution in [1.29, 1.82) is 0 Å². The van der Waals surface area contributed by atoms with E-state index >= 15 is 0 Å². The number of hydrogen-bond acceptors (Lipinski definition) is 7. The van der Waals surface area contributed by atoms with Gasteiger partial charge in [0.2, 0.25) is 0 Å². The predicted octanol–water partition coefficient (Wildman–Crippen LogP) is 1.85. The van der Waals surface area contributed by atoms with Crippen LogP contribution in [0.1, 0.15) is 36.4 Å². The summed E-state index contributed by atoms with van der Waals surface area (Å²) in [5.74, 6) is -2.37. The highest BCUT2D eigenvalue weighted by Crippen LogP contribution is 2.21. The highest BCUT2D eigenvalue weighted by Gasteiger charge is 2.30. The molecule has 154 valence electrons. The summed E-state index contributed by atoms with van der Waals surface area (Å²) in [7, 11) is 0. The van der Waals surface area contributed by atoms with Crippen LogP contribution in [0.15, 0.2) is 41.3 Å². The van der Waals surface area contributed by atoms with Crippen LogP contribution in [0.5, 0.6) is 0 Å². The topological polar surface area (TPSA) is 109 Å². The maximum absolute atomic E-state index is 14.4. The number of nitrogens with one attached hydrogen (secondary N) is 1. The number of benzene rings is 1. The first kappa shape index (κ1) is 20.6. The summed E-state index contributed by atoms with van der Waals surface area (Å²) in [6.07, 6.45) is 0.0176. The van der Waals surface area contributed by atoms with Crippen LogP contribution in [0, 0.1) is 5.82 Å². The number of aromatic nitrogens is 2. The van der Waals surface area contributed by atoms with Gasteiger partial charge in [0.05, 0.1) is 12.8 Å². The van der Waals surface area contributed by atoms with Gasteiger partial charge in [0.1, 0.15) is 6.61 Å². The molecule has 1 amide bonds. The van der Waals surface area contributed by atoms with E-state index in [0.717, 1.165) is 10.8 Å². The molecule has 0 saturated carbocycles. The summed E-state index contributed by atoms with van der Waals surface area (Å²) in [6.45, 7) is 1.66. The third-order valence-electron chi connectivity index (χ3n) is 4.05. The van der Waals surface area contributed by atoms with Gasteiger partial charge in [-0.1, -0.05) is 25.1 Å². The lowest BCUT2D eigenvalue weighted by Crippen LogP contribution is -2.31. The Morgan fingerprint density at radius 1 is 1.34 bits per heavy atom. The Kier molecular flexibility index (Phi) is 6.68. The molecule has 1 aliphatic heterocycles. The first-order valence-electron chi connectivity index (χ1n) is 9.05. The second-order valence-electron chi connectivity index (χ2n) is 6.23. The largest absolute Gasteiger partial charge is 0.460 e. The van der Waals surface area contributed by atoms with E-state index in [4.69, 9.17) is 14.2 Å². The van der Waals surface area contributed by atoms with Crippen LogP contribution in [0.25, 0.3) is 0 Å². The highest BCUT2D eigenvalue weighted by atomic mass is 19.1. The van der Waals surface area contributed by atoms with Crippen molar-refractivity contribution in [2.75, 3.05) is 18.5 Å². The van der Waals surface area contributed by atoms with Gasteiger partial charge in [-0.3, -0.25) is 14.2 Å². The van der Waals surface area contributed by atoms with Crippen molar-refractivity contribution in [3.63, 3.8) is 0 Å². The molecule has 3 rings (SSSR count). The number of halogens is 1. The van der Waals surface area contributed by atoms with E-state index in [1.54, 1.807) is 30.3 Å². The molecule has 1 fully saturated rings. The van der Waals surface area contributed by atoms with Crippen molar-refractivity contribution in [2.45, 2.75) is 32.3 Å². The quantitative estimate of drug-likeness (QED) is 0.700. The fraction of sp³-hybridized carbons (Fsp3) is 0.368. The zero-order chi connectivity index (χ0) is 20.8. The van der Waals surface area contributed by atoms with Crippen LogP contribution in [0.4, 0.5) is 10.2 Å². The van der Waals surface area contributed by atoms with E-state index in [-0.39, 0.29) is 25.6 Å². The Morgan fingerprint density at radius 3 is 2.83 bits per heavy atom. The molecule has 0 bridgehead atoms. The first-order valence-corrected chi connectivity index (χ1v) is 9.05. The number of anilines is 1. The molecule has 2 heterocycles. The second kappa shape index (κ2) is 9.39. The fourth-order valence-electron chi connectivity index (χ4n) is 2.62. The smallest absolute Gasteiger partial charge is 0.351 e. The standard InChI is InChI=1S/C19H20FN3O6/c1-2-6-15(24)27-11-16-28-10-14(29-16)23-9-13(20)17(22-19(23)26)21-18(25)12-7-4-3-5-8-12/h3-5,7-9,14,16H,2,6,10-11H2,1H3,(H,21,22,25,26)/t14-,16-/m0/s1. The molecule has 0 spiro atoms. The molecular formula is C19H20FN3O6. The van der Waals surface area contributed by atoms with Crippen LogP contribution >= 0.6 is 0 Å². The van der Waals surface area contributed by atoms with E-state index < -0.39 is 35.7 Å². The zero-order valence-corrected chi connectivity index (χ0v) is 15.7. The molecular weight excluding hydrogens is 385 g/mol. The minimum absolute atomic E-state index is 0.0489. The number of esters is 1. The van der Waals surface area contributed by atoms with Gasteiger partial charge < -0.3 is 19.5 Å². The molecule has 2 aromatic rings. The van der Waals surface area contributed by atoms with Gasteiger partial charge >= 0.3 is 11.7 Å². The monoisotopic (exact) mass is 405 g/mol. The van der Waals surface area contributed by atoms with Crippen molar-refractivity contribution >= 4 is 17.7 Å². The molecule has 29 heavy (non-hydrogen) atoms. The summed E-state index contributed by atoms with van der Waals surface area (Å²) in [4.78, 5) is 39.4. The maximum Gasteiger partial charge on any atom is 0.351 e. The zero-order valence-electron chi connectivity index (χ0n) is 15.7. The Bertz CT molecular complexity index is 933. The minimum atomic E-state index is -0.932. The Hall–Kier alpha value is -3.11. The van der Waals surface area contributed by atoms with Crippen LogP contribution in [0.2, 0.25) is 0 Å². The molecule has 0 unspecified atom stereocenters. The lowest BCUT2D eigenvalue weighted by atomic mass is 10.2. The molecule has 10 heteroatoms. The maximum atomic E-state index is 14.4. The van der Waals surface area contributed by atoms with Gasteiger partial charge in [-0.05, 0) is 18.6 Å². The average Bonchev–Trinajstić information content (AvgIpc) is 3.18. The molecule has 9 nitrogen and oxygen atoms in total. The van der Waals surface area contributed by atoms with Crippen molar-refractivity contribution in [3.05, 3.63) is 58.4 Å². The minimum Gasteiger partial charge on any atom is -0.460 e. The van der Waals surface area contributed by atoms with E-state index in [2.05, 4.69) is 10.3 Å². The average molecular weight is 405 g/mol. The number of nitrogens with zero attached hydrogens (tertiary/aromatic N) is 2. The van der Waals surface area contributed by atoms with Gasteiger partial charge in [-0.15, -0.1) is 0 Å². The summed E-state index contributed by atoms with van der Waals surface area (Å²) >= 11 is 0. The summed E-state index contributed by atoms with van der Waals surface area (Å²) in [5, 5.41) is 2.27. The van der Waals surface area contributed by atoms with Gasteiger partial charge in [0, 0.05) is 12.0 Å². The number of hydrogen-bond donors (Lipinski definition) is 1. The number of carbonyl (C=O) groups excluding carboxylic acids is 2. The van der Waals surface area contributed by atoms with Crippen LogP contribution in [-0.4, -0.2) is 40.9 Å². The highest BCUT2D eigenvalue weighted by molar-refractivity contribution is 6.03. The third kappa shape index (κ3) is 5.24. The molecule has 1 aromatic carbocycles. The molecule has 1 aromatic heterocycles. The number of amides is 1. The first-order chi connectivity index (χ1) is 14.0.